The fraction of sp³-hybridized carbons (Fsp3) is 0.647. The van der Waals surface area contributed by atoms with E-state index < -0.39 is 0 Å². The van der Waals surface area contributed by atoms with Crippen LogP contribution in [0.15, 0.2) is 22.7 Å². The Morgan fingerprint density at radius 1 is 1.21 bits per heavy atom. The van der Waals surface area contributed by atoms with Gasteiger partial charge in [-0.1, -0.05) is 41.9 Å². The maximum Gasteiger partial charge on any atom is 0.0213 e. The zero-order chi connectivity index (χ0) is 13.6. The number of piperidine rings is 1. The van der Waals surface area contributed by atoms with E-state index in [4.69, 9.17) is 0 Å². The second-order valence-electron chi connectivity index (χ2n) is 7.10. The van der Waals surface area contributed by atoms with Gasteiger partial charge in [0.15, 0.2) is 0 Å². The molecule has 0 bridgehead atoms. The van der Waals surface area contributed by atoms with Crippen LogP contribution in [0.3, 0.4) is 0 Å². The summed E-state index contributed by atoms with van der Waals surface area (Å²) in [6.07, 6.45) is 3.94. The van der Waals surface area contributed by atoms with E-state index in [1.807, 2.05) is 0 Å². The molecule has 1 fully saturated rings. The van der Waals surface area contributed by atoms with E-state index >= 15 is 0 Å². The first kappa shape index (κ1) is 13.6. The van der Waals surface area contributed by atoms with Gasteiger partial charge >= 0.3 is 0 Å². The minimum atomic E-state index is 0.410. The van der Waals surface area contributed by atoms with E-state index in [0.717, 1.165) is 11.8 Å². The van der Waals surface area contributed by atoms with Crippen molar-refractivity contribution in [3.8, 4) is 0 Å². The molecule has 3 rings (SSSR count). The van der Waals surface area contributed by atoms with E-state index in [1.54, 1.807) is 11.1 Å². The van der Waals surface area contributed by atoms with E-state index in [-0.39, 0.29) is 0 Å². The average molecular weight is 322 g/mol. The Bertz CT molecular complexity index is 472. The molecule has 1 atom stereocenters. The third kappa shape index (κ3) is 2.38. The molecule has 19 heavy (non-hydrogen) atoms. The molecule has 0 amide bonds. The lowest BCUT2D eigenvalue weighted by Gasteiger charge is -2.39. The Balaban J connectivity index is 1.96. The molecule has 0 radical (unpaired) electrons. The molecule has 1 saturated heterocycles. The largest absolute Gasteiger partial charge is 0.306 e. The fourth-order valence-electron chi connectivity index (χ4n) is 4.31. The van der Waals surface area contributed by atoms with Gasteiger partial charge in [0.05, 0.1) is 0 Å². The van der Waals surface area contributed by atoms with Crippen LogP contribution in [0.2, 0.25) is 0 Å². The zero-order valence-corrected chi connectivity index (χ0v) is 13.8. The van der Waals surface area contributed by atoms with Crippen molar-refractivity contribution in [3.05, 3.63) is 33.8 Å². The van der Waals surface area contributed by atoms with Crippen LogP contribution >= 0.6 is 15.9 Å². The molecule has 1 aromatic carbocycles. The number of hydrogen-bond acceptors (Lipinski definition) is 1. The molecule has 1 nitrogen and oxygen atoms in total. The smallest absolute Gasteiger partial charge is 0.0213 e. The van der Waals surface area contributed by atoms with Crippen molar-refractivity contribution in [2.24, 2.45) is 11.3 Å². The number of fused-ring (bicyclic) bond motifs is 1. The summed E-state index contributed by atoms with van der Waals surface area (Å²) in [5, 5.41) is 0. The molecule has 0 aromatic heterocycles. The molecule has 1 unspecified atom stereocenters. The molecule has 104 valence electrons. The van der Waals surface area contributed by atoms with Gasteiger partial charge in [-0.2, -0.15) is 0 Å². The Labute approximate surface area is 125 Å². The molecule has 1 aromatic rings. The highest BCUT2D eigenvalue weighted by Crippen LogP contribution is 2.54. The van der Waals surface area contributed by atoms with Crippen LogP contribution in [0.25, 0.3) is 0 Å². The highest BCUT2D eigenvalue weighted by molar-refractivity contribution is 9.10. The lowest BCUT2D eigenvalue weighted by atomic mass is 9.69. The van der Waals surface area contributed by atoms with Gasteiger partial charge in [-0.3, -0.25) is 0 Å². The molecule has 1 aliphatic heterocycles. The van der Waals surface area contributed by atoms with Crippen molar-refractivity contribution in [2.75, 3.05) is 20.1 Å². The quantitative estimate of drug-likeness (QED) is 0.738. The number of hydrogen-bond donors (Lipinski definition) is 0. The molecule has 0 N–H and O–H groups in total. The maximum atomic E-state index is 3.81. The highest BCUT2D eigenvalue weighted by atomic mass is 79.9. The topological polar surface area (TPSA) is 3.24 Å². The monoisotopic (exact) mass is 321 g/mol. The van der Waals surface area contributed by atoms with Gasteiger partial charge in [0, 0.05) is 4.47 Å². The third-order valence-electron chi connectivity index (χ3n) is 5.18. The van der Waals surface area contributed by atoms with Crippen LogP contribution in [0, 0.1) is 11.3 Å². The third-order valence-corrected chi connectivity index (χ3v) is 5.87. The minimum Gasteiger partial charge on any atom is -0.306 e. The van der Waals surface area contributed by atoms with Crippen LogP contribution in [-0.4, -0.2) is 25.0 Å². The molecule has 1 aliphatic carbocycles. The average Bonchev–Trinajstić information content (AvgIpc) is 2.62. The van der Waals surface area contributed by atoms with Crippen LogP contribution in [-0.2, 0) is 6.42 Å². The minimum absolute atomic E-state index is 0.410. The maximum absolute atomic E-state index is 3.81. The summed E-state index contributed by atoms with van der Waals surface area (Å²) < 4.78 is 1.33. The first-order valence-electron chi connectivity index (χ1n) is 7.45. The summed E-state index contributed by atoms with van der Waals surface area (Å²) in [6.45, 7) is 7.44. The first-order chi connectivity index (χ1) is 8.99. The Morgan fingerprint density at radius 2 is 1.89 bits per heavy atom. The summed E-state index contributed by atoms with van der Waals surface area (Å²) in [5.41, 5.74) is 3.60. The number of rotatable bonds is 1. The number of likely N-dealkylation sites (tertiary alicyclic amines) is 1. The lowest BCUT2D eigenvalue weighted by molar-refractivity contribution is 0.146. The van der Waals surface area contributed by atoms with Crippen molar-refractivity contribution in [3.63, 3.8) is 0 Å². The van der Waals surface area contributed by atoms with Crippen LogP contribution < -0.4 is 0 Å². The molecular formula is C17H24BrN. The molecule has 2 heteroatoms. The van der Waals surface area contributed by atoms with Crippen LogP contribution in [0.5, 0.6) is 0 Å². The van der Waals surface area contributed by atoms with Crippen LogP contribution in [0.1, 0.15) is 43.7 Å². The van der Waals surface area contributed by atoms with Crippen molar-refractivity contribution in [2.45, 2.75) is 39.0 Å². The summed E-state index contributed by atoms with van der Waals surface area (Å²) in [5.74, 6) is 1.58. The van der Waals surface area contributed by atoms with E-state index in [0.29, 0.717) is 5.41 Å². The number of nitrogens with zero attached hydrogens (tertiary/aromatic N) is 1. The van der Waals surface area contributed by atoms with Gasteiger partial charge < -0.3 is 4.90 Å². The lowest BCUT2D eigenvalue weighted by Crippen LogP contribution is -2.36. The van der Waals surface area contributed by atoms with Gasteiger partial charge in [-0.05, 0) is 73.8 Å². The Kier molecular flexibility index (Phi) is 3.51. The first-order valence-corrected chi connectivity index (χ1v) is 8.24. The molecular weight excluding hydrogens is 298 g/mol. The Hall–Kier alpha value is -0.340. The Morgan fingerprint density at radius 3 is 2.58 bits per heavy atom. The van der Waals surface area contributed by atoms with Gasteiger partial charge in [0.1, 0.15) is 0 Å². The fourth-order valence-corrected chi connectivity index (χ4v) is 4.97. The van der Waals surface area contributed by atoms with E-state index in [2.05, 4.69) is 59.9 Å². The summed E-state index contributed by atoms with van der Waals surface area (Å²) >= 11 is 3.81. The number of benzene rings is 1. The second kappa shape index (κ2) is 4.89. The normalized spacial score (nSPS) is 27.5. The number of halogens is 1. The molecule has 1 heterocycles. The summed E-state index contributed by atoms with van der Waals surface area (Å²) in [4.78, 5) is 2.47. The van der Waals surface area contributed by atoms with Gasteiger partial charge in [-0.15, -0.1) is 0 Å². The predicted octanol–water partition coefficient (Wildman–Crippen LogP) is 4.46. The van der Waals surface area contributed by atoms with Gasteiger partial charge in [0.2, 0.25) is 0 Å². The van der Waals surface area contributed by atoms with Gasteiger partial charge in [0.25, 0.3) is 0 Å². The predicted molar refractivity (Wildman–Crippen MR) is 84.6 cm³/mol. The second-order valence-corrected chi connectivity index (χ2v) is 7.95. The summed E-state index contributed by atoms with van der Waals surface area (Å²) in [7, 11) is 2.25. The van der Waals surface area contributed by atoms with Crippen molar-refractivity contribution in [1.29, 1.82) is 0 Å². The van der Waals surface area contributed by atoms with Crippen molar-refractivity contribution >= 4 is 15.9 Å². The molecule has 0 saturated carbocycles. The van der Waals surface area contributed by atoms with Crippen molar-refractivity contribution < 1.29 is 0 Å². The highest BCUT2D eigenvalue weighted by Gasteiger charge is 2.44. The molecule has 2 aliphatic rings. The zero-order valence-electron chi connectivity index (χ0n) is 12.2. The van der Waals surface area contributed by atoms with Crippen molar-refractivity contribution in [1.82, 2.24) is 4.90 Å². The van der Waals surface area contributed by atoms with E-state index in [9.17, 15) is 0 Å². The van der Waals surface area contributed by atoms with Gasteiger partial charge in [-0.25, -0.2) is 0 Å². The standard InChI is InChI=1S/C17H24BrN/c1-17(2)11-13-5-4-6-14(18)15(13)16(17)12-7-9-19(3)10-8-12/h4-6,12,16H,7-11H2,1-3H3. The van der Waals surface area contributed by atoms with E-state index in [1.165, 1.54) is 36.8 Å². The SMILES string of the molecule is CN1CCC(C2c3c(Br)cccc3CC2(C)C)CC1. The van der Waals surface area contributed by atoms with Crippen LogP contribution in [0.4, 0.5) is 0 Å². The molecule has 0 spiro atoms. The summed E-state index contributed by atoms with van der Waals surface area (Å²) in [6, 6.07) is 6.75.